The molecule has 0 radical (unpaired) electrons. The summed E-state index contributed by atoms with van der Waals surface area (Å²) in [5.74, 6) is -1.41. The van der Waals surface area contributed by atoms with Crippen LogP contribution < -0.4 is 0 Å². The normalized spacial score (nSPS) is 22.7. The molecule has 0 amide bonds. The molecule has 1 atom stereocenters. The van der Waals surface area contributed by atoms with Gasteiger partial charge >= 0.3 is 11.9 Å². The molecule has 0 saturated heterocycles. The van der Waals surface area contributed by atoms with Crippen LogP contribution in [0.15, 0.2) is 48.6 Å². The summed E-state index contributed by atoms with van der Waals surface area (Å²) >= 11 is 0. The Bertz CT molecular complexity index is 771. The van der Waals surface area contributed by atoms with Crippen molar-refractivity contribution < 1.29 is 23.9 Å². The number of ketones is 1. The van der Waals surface area contributed by atoms with Crippen LogP contribution in [-0.4, -0.2) is 30.9 Å². The van der Waals surface area contributed by atoms with Gasteiger partial charge < -0.3 is 9.47 Å². The van der Waals surface area contributed by atoms with Gasteiger partial charge in [-0.15, -0.1) is 0 Å². The molecule has 3 rings (SSSR count). The molecule has 1 spiro atoms. The van der Waals surface area contributed by atoms with Crippen molar-refractivity contribution in [1.82, 2.24) is 0 Å². The maximum absolute atomic E-state index is 13.0. The number of esters is 2. The fourth-order valence-electron chi connectivity index (χ4n) is 3.79. The second-order valence-electron chi connectivity index (χ2n) is 6.06. The minimum atomic E-state index is -1.56. The lowest BCUT2D eigenvalue weighted by molar-refractivity contribution is -0.174. The molecule has 1 aromatic rings. The second kappa shape index (κ2) is 6.31. The number of carbonyl (C=O) groups excluding carboxylic acids is 3. The van der Waals surface area contributed by atoms with Crippen molar-refractivity contribution in [3.63, 3.8) is 0 Å². The van der Waals surface area contributed by atoms with E-state index in [4.69, 9.17) is 9.47 Å². The average Bonchev–Trinajstić information content (AvgIpc) is 3.00. The number of ether oxygens (including phenoxy) is 2. The molecule has 130 valence electrons. The van der Waals surface area contributed by atoms with E-state index in [0.29, 0.717) is 11.1 Å². The van der Waals surface area contributed by atoms with Gasteiger partial charge in [0.25, 0.3) is 0 Å². The summed E-state index contributed by atoms with van der Waals surface area (Å²) in [4.78, 5) is 38.2. The standard InChI is InChI=1S/C20H20O5/c1-3-24-17(22)20(18(23)25-4-2)12-7-11-19(20)13-10-16(21)14-8-5-6-9-15(14)19/h5-11,13H,3-4,12H2,1-2H3. The van der Waals surface area contributed by atoms with E-state index in [1.54, 1.807) is 50.3 Å². The summed E-state index contributed by atoms with van der Waals surface area (Å²) in [6.07, 6.45) is 6.81. The Kier molecular flexibility index (Phi) is 4.33. The van der Waals surface area contributed by atoms with Crippen LogP contribution >= 0.6 is 0 Å². The van der Waals surface area contributed by atoms with Gasteiger partial charge in [-0.2, -0.15) is 0 Å². The summed E-state index contributed by atoms with van der Waals surface area (Å²) in [6, 6.07) is 7.04. The molecule has 0 aliphatic heterocycles. The first-order valence-electron chi connectivity index (χ1n) is 8.38. The van der Waals surface area contributed by atoms with Gasteiger partial charge in [-0.1, -0.05) is 42.5 Å². The first kappa shape index (κ1) is 17.1. The molecule has 1 aromatic carbocycles. The maximum atomic E-state index is 13.0. The Morgan fingerprint density at radius 1 is 1.04 bits per heavy atom. The molecule has 1 unspecified atom stereocenters. The smallest absolute Gasteiger partial charge is 0.325 e. The molecule has 0 N–H and O–H groups in total. The Balaban J connectivity index is 2.27. The van der Waals surface area contributed by atoms with Crippen LogP contribution in [0.5, 0.6) is 0 Å². The summed E-state index contributed by atoms with van der Waals surface area (Å²) < 4.78 is 10.5. The van der Waals surface area contributed by atoms with Gasteiger partial charge in [-0.25, -0.2) is 0 Å². The van der Waals surface area contributed by atoms with E-state index in [2.05, 4.69) is 0 Å². The number of allylic oxidation sites excluding steroid dienone is 4. The average molecular weight is 340 g/mol. The molecule has 0 aromatic heterocycles. The maximum Gasteiger partial charge on any atom is 0.325 e. The molecular weight excluding hydrogens is 320 g/mol. The Morgan fingerprint density at radius 2 is 1.68 bits per heavy atom. The number of rotatable bonds is 4. The zero-order chi connectivity index (χ0) is 18.1. The SMILES string of the molecule is CCOC(=O)C1(C(=O)OCC)CC=CC12C=CC(=O)c1ccccc12. The van der Waals surface area contributed by atoms with Crippen molar-refractivity contribution >= 4 is 17.7 Å². The van der Waals surface area contributed by atoms with Gasteiger partial charge in [0, 0.05) is 5.56 Å². The quantitative estimate of drug-likeness (QED) is 0.479. The predicted molar refractivity (Wildman–Crippen MR) is 91.0 cm³/mol. The van der Waals surface area contributed by atoms with E-state index >= 15 is 0 Å². The highest BCUT2D eigenvalue weighted by atomic mass is 16.6. The summed E-state index contributed by atoms with van der Waals surface area (Å²) in [7, 11) is 0. The Labute approximate surface area is 146 Å². The summed E-state index contributed by atoms with van der Waals surface area (Å²) in [5.41, 5.74) is -1.55. The van der Waals surface area contributed by atoms with Crippen LogP contribution in [-0.2, 0) is 24.5 Å². The highest BCUT2D eigenvalue weighted by molar-refractivity contribution is 6.11. The molecule has 25 heavy (non-hydrogen) atoms. The van der Waals surface area contributed by atoms with Crippen LogP contribution in [0.4, 0.5) is 0 Å². The molecule has 5 nitrogen and oxygen atoms in total. The zero-order valence-corrected chi connectivity index (χ0v) is 14.3. The fourth-order valence-corrected chi connectivity index (χ4v) is 3.79. The van der Waals surface area contributed by atoms with Gasteiger partial charge in [-0.3, -0.25) is 14.4 Å². The lowest BCUT2D eigenvalue weighted by atomic mass is 9.58. The number of hydrogen-bond acceptors (Lipinski definition) is 5. The molecule has 0 saturated carbocycles. The molecule has 5 heteroatoms. The number of carbonyl (C=O) groups is 3. The van der Waals surface area contributed by atoms with E-state index in [0.717, 1.165) is 0 Å². The number of hydrogen-bond donors (Lipinski definition) is 0. The molecule has 0 bridgehead atoms. The van der Waals surface area contributed by atoms with Crippen LogP contribution in [0.1, 0.15) is 36.2 Å². The van der Waals surface area contributed by atoms with E-state index in [9.17, 15) is 14.4 Å². The van der Waals surface area contributed by atoms with Gasteiger partial charge in [0.05, 0.1) is 18.6 Å². The van der Waals surface area contributed by atoms with Crippen molar-refractivity contribution in [3.8, 4) is 0 Å². The van der Waals surface area contributed by atoms with Gasteiger partial charge in [0.2, 0.25) is 0 Å². The topological polar surface area (TPSA) is 69.7 Å². The van der Waals surface area contributed by atoms with Gasteiger partial charge in [0.15, 0.2) is 11.2 Å². The fraction of sp³-hybridized carbons (Fsp3) is 0.350. The summed E-state index contributed by atoms with van der Waals surface area (Å²) in [6.45, 7) is 3.70. The van der Waals surface area contributed by atoms with Crippen molar-refractivity contribution in [2.45, 2.75) is 25.7 Å². The third-order valence-electron chi connectivity index (χ3n) is 4.89. The Hall–Kier alpha value is -2.69. The number of fused-ring (bicyclic) bond motifs is 2. The molecule has 2 aliphatic carbocycles. The van der Waals surface area contributed by atoms with Crippen molar-refractivity contribution in [1.29, 1.82) is 0 Å². The van der Waals surface area contributed by atoms with Crippen molar-refractivity contribution in [3.05, 3.63) is 59.7 Å². The van der Waals surface area contributed by atoms with Crippen LogP contribution in [0, 0.1) is 5.41 Å². The lowest BCUT2D eigenvalue weighted by Gasteiger charge is -2.42. The summed E-state index contributed by atoms with van der Waals surface area (Å²) in [5, 5.41) is 0. The first-order chi connectivity index (χ1) is 12.0. The van der Waals surface area contributed by atoms with E-state index in [1.807, 2.05) is 6.08 Å². The van der Waals surface area contributed by atoms with E-state index < -0.39 is 22.8 Å². The first-order valence-corrected chi connectivity index (χ1v) is 8.38. The number of benzene rings is 1. The molecular formula is C20H20O5. The van der Waals surface area contributed by atoms with Gasteiger partial charge in [0.1, 0.15) is 0 Å². The molecule has 0 fully saturated rings. The predicted octanol–water partition coefficient (Wildman–Crippen LogP) is 2.75. The van der Waals surface area contributed by atoms with Crippen molar-refractivity contribution in [2.24, 2.45) is 5.41 Å². The molecule has 2 aliphatic rings. The third kappa shape index (κ3) is 2.26. The van der Waals surface area contributed by atoms with E-state index in [1.165, 1.54) is 6.08 Å². The largest absolute Gasteiger partial charge is 0.465 e. The zero-order valence-electron chi connectivity index (χ0n) is 14.3. The lowest BCUT2D eigenvalue weighted by Crippen LogP contribution is -2.54. The minimum Gasteiger partial charge on any atom is -0.465 e. The van der Waals surface area contributed by atoms with Crippen LogP contribution in [0.25, 0.3) is 0 Å². The highest BCUT2D eigenvalue weighted by Crippen LogP contribution is 2.55. The van der Waals surface area contributed by atoms with E-state index in [-0.39, 0.29) is 25.4 Å². The second-order valence-corrected chi connectivity index (χ2v) is 6.06. The molecule has 0 heterocycles. The van der Waals surface area contributed by atoms with Crippen molar-refractivity contribution in [2.75, 3.05) is 13.2 Å². The Morgan fingerprint density at radius 3 is 2.32 bits per heavy atom. The monoisotopic (exact) mass is 340 g/mol. The van der Waals surface area contributed by atoms with Crippen LogP contribution in [0.3, 0.4) is 0 Å². The van der Waals surface area contributed by atoms with Crippen LogP contribution in [0.2, 0.25) is 0 Å². The minimum absolute atomic E-state index is 0.150. The third-order valence-corrected chi connectivity index (χ3v) is 4.89. The highest BCUT2D eigenvalue weighted by Gasteiger charge is 2.65. The van der Waals surface area contributed by atoms with Gasteiger partial charge in [-0.05, 0) is 31.9 Å².